The van der Waals surface area contributed by atoms with Crippen molar-refractivity contribution in [3.05, 3.63) is 101 Å². The molecular weight excluding hydrogens is 448 g/mol. The zero-order valence-corrected chi connectivity index (χ0v) is 20.7. The van der Waals surface area contributed by atoms with E-state index in [4.69, 9.17) is 9.47 Å². The molecule has 0 amide bonds. The molecule has 0 unspecified atom stereocenters. The Labute approximate surface area is 212 Å². The van der Waals surface area contributed by atoms with Crippen LogP contribution in [0, 0.1) is 17.3 Å². The van der Waals surface area contributed by atoms with Gasteiger partial charge in [-0.3, -0.25) is 0 Å². The molecule has 2 fully saturated rings. The Kier molecular flexibility index (Phi) is 5.91. The second kappa shape index (κ2) is 9.24. The van der Waals surface area contributed by atoms with Gasteiger partial charge in [0, 0.05) is 5.41 Å². The second-order valence-electron chi connectivity index (χ2n) is 10.9. The molecule has 4 heteroatoms. The first-order chi connectivity index (χ1) is 17.5. The predicted octanol–water partition coefficient (Wildman–Crippen LogP) is 6.99. The molecule has 6 rings (SSSR count). The van der Waals surface area contributed by atoms with Crippen molar-refractivity contribution in [1.82, 2.24) is 0 Å². The lowest BCUT2D eigenvalue weighted by Crippen LogP contribution is -2.45. The van der Waals surface area contributed by atoms with Crippen molar-refractivity contribution in [2.75, 3.05) is 0 Å². The van der Waals surface area contributed by atoms with Gasteiger partial charge in [-0.25, -0.2) is 9.59 Å². The van der Waals surface area contributed by atoms with Crippen LogP contribution in [0.1, 0.15) is 76.8 Å². The number of hydrogen-bond acceptors (Lipinski definition) is 4. The van der Waals surface area contributed by atoms with Gasteiger partial charge in [-0.15, -0.1) is 0 Å². The molecule has 36 heavy (non-hydrogen) atoms. The molecule has 0 spiro atoms. The summed E-state index contributed by atoms with van der Waals surface area (Å²) in [5.74, 6) is 1.79. The van der Waals surface area contributed by atoms with E-state index in [1.807, 2.05) is 54.6 Å². The first kappa shape index (κ1) is 23.0. The molecule has 3 aliphatic carbocycles. The third-order valence-corrected chi connectivity index (χ3v) is 9.09. The van der Waals surface area contributed by atoms with Crippen LogP contribution in [0.2, 0.25) is 0 Å². The monoisotopic (exact) mass is 480 g/mol. The molecule has 0 heterocycles. The number of ether oxygens (including phenoxy) is 2. The minimum absolute atomic E-state index is 0.0164. The van der Waals surface area contributed by atoms with Gasteiger partial charge in [0.2, 0.25) is 0 Å². The van der Waals surface area contributed by atoms with Gasteiger partial charge < -0.3 is 9.47 Å². The van der Waals surface area contributed by atoms with Gasteiger partial charge >= 0.3 is 11.9 Å². The molecule has 0 radical (unpaired) electrons. The number of hydrogen-bond donors (Lipinski definition) is 0. The summed E-state index contributed by atoms with van der Waals surface area (Å²) in [6.07, 6.45) is 6.35. The summed E-state index contributed by atoms with van der Waals surface area (Å²) >= 11 is 0. The van der Waals surface area contributed by atoms with Gasteiger partial charge in [-0.1, -0.05) is 49.4 Å². The maximum Gasteiger partial charge on any atom is 0.343 e. The summed E-state index contributed by atoms with van der Waals surface area (Å²) in [6, 6.07) is 24.7. The molecule has 3 aromatic rings. The topological polar surface area (TPSA) is 52.6 Å². The minimum Gasteiger partial charge on any atom is -0.458 e. The molecular formula is C32H32O4. The van der Waals surface area contributed by atoms with E-state index in [1.165, 1.54) is 11.1 Å². The molecule has 0 bridgehead atoms. The fourth-order valence-electron chi connectivity index (χ4n) is 7.28. The summed E-state index contributed by atoms with van der Waals surface area (Å²) in [5.41, 5.74) is 3.95. The zero-order valence-electron chi connectivity index (χ0n) is 20.7. The van der Waals surface area contributed by atoms with E-state index in [2.05, 4.69) is 19.1 Å². The lowest BCUT2D eigenvalue weighted by atomic mass is 9.55. The van der Waals surface area contributed by atoms with Crippen LogP contribution in [0.5, 0.6) is 5.75 Å². The molecule has 3 aliphatic rings. The molecule has 2 saturated carbocycles. The number of rotatable bonds is 4. The standard InChI is InChI=1S/C32H32O4/c1-32-19-18-26-25-15-13-24(35-30(33)21-8-4-2-5-9-21)20-23(25)12-14-27(26)28(32)16-17-29(32)36-31(34)22-10-6-3-7-11-22/h2-11,13,15,20,26-29H,12,14,16-19H2,1H3/t26-,27+,28-,29-,32+/m1/s1. The van der Waals surface area contributed by atoms with Crippen LogP contribution >= 0.6 is 0 Å². The quantitative estimate of drug-likeness (QED) is 0.298. The van der Waals surface area contributed by atoms with Crippen molar-refractivity contribution in [2.45, 2.75) is 57.5 Å². The largest absolute Gasteiger partial charge is 0.458 e. The molecule has 3 aromatic carbocycles. The summed E-state index contributed by atoms with van der Waals surface area (Å²) in [6.45, 7) is 2.35. The Morgan fingerprint density at radius 2 is 1.50 bits per heavy atom. The smallest absolute Gasteiger partial charge is 0.343 e. The molecule has 0 saturated heterocycles. The number of carbonyl (C=O) groups is 2. The minimum atomic E-state index is -0.320. The lowest BCUT2D eigenvalue weighted by molar-refractivity contribution is -0.0427. The van der Waals surface area contributed by atoms with E-state index in [1.54, 1.807) is 12.1 Å². The van der Waals surface area contributed by atoms with Gasteiger partial charge in [0.15, 0.2) is 0 Å². The molecule has 5 atom stereocenters. The van der Waals surface area contributed by atoms with E-state index in [0.29, 0.717) is 34.6 Å². The first-order valence-electron chi connectivity index (χ1n) is 13.2. The van der Waals surface area contributed by atoms with Crippen LogP contribution in [0.4, 0.5) is 0 Å². The second-order valence-corrected chi connectivity index (χ2v) is 10.9. The third kappa shape index (κ3) is 4.03. The Balaban J connectivity index is 1.17. The average Bonchev–Trinajstić information content (AvgIpc) is 3.25. The number of fused-ring (bicyclic) bond motifs is 5. The first-order valence-corrected chi connectivity index (χ1v) is 13.2. The maximum absolute atomic E-state index is 12.8. The molecule has 184 valence electrons. The highest BCUT2D eigenvalue weighted by atomic mass is 16.5. The van der Waals surface area contributed by atoms with E-state index in [9.17, 15) is 9.59 Å². The Morgan fingerprint density at radius 1 is 0.806 bits per heavy atom. The van der Waals surface area contributed by atoms with Gasteiger partial charge in [0.1, 0.15) is 11.9 Å². The van der Waals surface area contributed by atoms with Crippen LogP contribution in [-0.4, -0.2) is 18.0 Å². The maximum atomic E-state index is 12.8. The SMILES string of the molecule is C[C@]12CC[C@@H]3c4ccc(OC(=O)c5ccccc5)cc4CC[C@@H]3[C@H]1CC[C@H]2OC(=O)c1ccccc1. The highest BCUT2D eigenvalue weighted by Gasteiger charge is 2.56. The van der Waals surface area contributed by atoms with Crippen LogP contribution in [0.15, 0.2) is 78.9 Å². The van der Waals surface area contributed by atoms with Crippen LogP contribution < -0.4 is 4.74 Å². The number of carbonyl (C=O) groups excluding carboxylic acids is 2. The number of aryl methyl sites for hydroxylation is 1. The van der Waals surface area contributed by atoms with Crippen molar-refractivity contribution < 1.29 is 19.1 Å². The molecule has 0 aromatic heterocycles. The third-order valence-electron chi connectivity index (χ3n) is 9.09. The fraction of sp³-hybridized carbons (Fsp3) is 0.375. The Bertz CT molecular complexity index is 1270. The summed E-state index contributed by atoms with van der Waals surface area (Å²) in [7, 11) is 0. The zero-order chi connectivity index (χ0) is 24.7. The van der Waals surface area contributed by atoms with Crippen LogP contribution in [-0.2, 0) is 11.2 Å². The van der Waals surface area contributed by atoms with E-state index >= 15 is 0 Å². The average molecular weight is 481 g/mol. The summed E-state index contributed by atoms with van der Waals surface area (Å²) < 4.78 is 11.8. The molecule has 0 aliphatic heterocycles. The van der Waals surface area contributed by atoms with E-state index < -0.39 is 0 Å². The molecule has 0 N–H and O–H groups in total. The van der Waals surface area contributed by atoms with Gasteiger partial charge in [-0.05, 0) is 104 Å². The van der Waals surface area contributed by atoms with Crippen molar-refractivity contribution >= 4 is 11.9 Å². The highest BCUT2D eigenvalue weighted by molar-refractivity contribution is 5.91. The van der Waals surface area contributed by atoms with Crippen LogP contribution in [0.25, 0.3) is 0 Å². The Morgan fingerprint density at radius 3 is 2.22 bits per heavy atom. The number of benzene rings is 3. The normalized spacial score (nSPS) is 28.4. The van der Waals surface area contributed by atoms with Crippen molar-refractivity contribution in [2.24, 2.45) is 17.3 Å². The van der Waals surface area contributed by atoms with Crippen molar-refractivity contribution in [3.8, 4) is 5.75 Å². The summed E-state index contributed by atoms with van der Waals surface area (Å²) in [5, 5.41) is 0. The van der Waals surface area contributed by atoms with Crippen molar-refractivity contribution in [1.29, 1.82) is 0 Å². The van der Waals surface area contributed by atoms with Crippen molar-refractivity contribution in [3.63, 3.8) is 0 Å². The predicted molar refractivity (Wildman–Crippen MR) is 138 cm³/mol. The van der Waals surface area contributed by atoms with Gasteiger partial charge in [0.05, 0.1) is 11.1 Å². The van der Waals surface area contributed by atoms with E-state index in [-0.39, 0.29) is 23.5 Å². The van der Waals surface area contributed by atoms with Gasteiger partial charge in [0.25, 0.3) is 0 Å². The van der Waals surface area contributed by atoms with Gasteiger partial charge in [-0.2, -0.15) is 0 Å². The lowest BCUT2D eigenvalue weighted by Gasteiger charge is -2.50. The molecule has 4 nitrogen and oxygen atoms in total. The fourth-order valence-corrected chi connectivity index (χ4v) is 7.28. The van der Waals surface area contributed by atoms with Crippen LogP contribution in [0.3, 0.4) is 0 Å². The summed E-state index contributed by atoms with van der Waals surface area (Å²) in [4.78, 5) is 25.3. The highest BCUT2D eigenvalue weighted by Crippen LogP contribution is 2.61. The number of esters is 2. The van der Waals surface area contributed by atoms with E-state index in [0.717, 1.165) is 38.5 Å². The Hall–Kier alpha value is -3.40.